The standard InChI is InChI=1S/C26H24N2O4S/c1-20-13-15-23(16-14-20)33(30,31)28(18-22-10-7-17-32-22)19-26(29)27-25-12-6-5-11-24(25)21-8-3-2-4-9-21/h2-17H,18-19H2,1H3,(H,27,29). The van der Waals surface area contributed by atoms with Gasteiger partial charge in [-0.15, -0.1) is 0 Å². The molecule has 168 valence electrons. The number of carbonyl (C=O) groups is 1. The zero-order valence-electron chi connectivity index (χ0n) is 18.1. The van der Waals surface area contributed by atoms with E-state index < -0.39 is 15.9 Å². The third-order valence-corrected chi connectivity index (χ3v) is 6.98. The molecule has 0 unspecified atom stereocenters. The number of carbonyl (C=O) groups excluding carboxylic acids is 1. The minimum absolute atomic E-state index is 0.0586. The van der Waals surface area contributed by atoms with Crippen LogP contribution in [0.2, 0.25) is 0 Å². The van der Waals surface area contributed by atoms with Crippen molar-refractivity contribution in [3.05, 3.63) is 109 Å². The lowest BCUT2D eigenvalue weighted by Crippen LogP contribution is -2.37. The molecule has 4 rings (SSSR count). The van der Waals surface area contributed by atoms with Crippen molar-refractivity contribution in [2.45, 2.75) is 18.4 Å². The van der Waals surface area contributed by atoms with Crippen molar-refractivity contribution >= 4 is 21.6 Å². The first kappa shape index (κ1) is 22.5. The maximum absolute atomic E-state index is 13.4. The van der Waals surface area contributed by atoms with Gasteiger partial charge in [-0.3, -0.25) is 4.79 Å². The third-order valence-electron chi connectivity index (χ3n) is 5.18. The lowest BCUT2D eigenvalue weighted by Gasteiger charge is -2.21. The van der Waals surface area contributed by atoms with Crippen LogP contribution in [-0.4, -0.2) is 25.2 Å². The molecular weight excluding hydrogens is 436 g/mol. The number of hydrogen-bond donors (Lipinski definition) is 1. The Bertz CT molecular complexity index is 1320. The van der Waals surface area contributed by atoms with Crippen LogP contribution in [0.15, 0.2) is 107 Å². The molecule has 0 radical (unpaired) electrons. The molecule has 1 N–H and O–H groups in total. The summed E-state index contributed by atoms with van der Waals surface area (Å²) in [6.07, 6.45) is 1.47. The summed E-state index contributed by atoms with van der Waals surface area (Å²) in [4.78, 5) is 13.1. The second-order valence-electron chi connectivity index (χ2n) is 7.63. The van der Waals surface area contributed by atoms with Gasteiger partial charge in [0.05, 0.1) is 24.2 Å². The van der Waals surface area contributed by atoms with Gasteiger partial charge < -0.3 is 9.73 Å². The highest BCUT2D eigenvalue weighted by Crippen LogP contribution is 2.28. The van der Waals surface area contributed by atoms with E-state index >= 15 is 0 Å². The average molecular weight is 461 g/mol. The van der Waals surface area contributed by atoms with Crippen LogP contribution in [0.5, 0.6) is 0 Å². The second-order valence-corrected chi connectivity index (χ2v) is 9.56. The fourth-order valence-electron chi connectivity index (χ4n) is 3.47. The summed E-state index contributed by atoms with van der Waals surface area (Å²) in [5.74, 6) is 0.00352. The largest absolute Gasteiger partial charge is 0.468 e. The Morgan fingerprint density at radius 2 is 1.58 bits per heavy atom. The van der Waals surface area contributed by atoms with Crippen LogP contribution in [0.25, 0.3) is 11.1 Å². The van der Waals surface area contributed by atoms with Gasteiger partial charge in [0, 0.05) is 11.3 Å². The van der Waals surface area contributed by atoms with Crippen LogP contribution in [0.4, 0.5) is 5.69 Å². The van der Waals surface area contributed by atoms with E-state index in [1.165, 1.54) is 6.26 Å². The highest BCUT2D eigenvalue weighted by Gasteiger charge is 2.28. The summed E-state index contributed by atoms with van der Waals surface area (Å²) in [6, 6.07) is 27.0. The molecule has 1 amide bonds. The molecule has 0 saturated heterocycles. The lowest BCUT2D eigenvalue weighted by atomic mass is 10.0. The highest BCUT2D eigenvalue weighted by molar-refractivity contribution is 7.89. The van der Waals surface area contributed by atoms with Crippen molar-refractivity contribution in [2.75, 3.05) is 11.9 Å². The normalized spacial score (nSPS) is 11.5. The number of furan rings is 1. The van der Waals surface area contributed by atoms with Crippen LogP contribution in [0.3, 0.4) is 0 Å². The molecule has 4 aromatic rings. The van der Waals surface area contributed by atoms with Gasteiger partial charge in [0.1, 0.15) is 5.76 Å². The Morgan fingerprint density at radius 1 is 0.879 bits per heavy atom. The molecular formula is C26H24N2O4S. The van der Waals surface area contributed by atoms with Crippen molar-refractivity contribution in [1.82, 2.24) is 4.31 Å². The third kappa shape index (κ3) is 5.39. The summed E-state index contributed by atoms with van der Waals surface area (Å²) in [5.41, 5.74) is 3.36. The molecule has 0 saturated carbocycles. The van der Waals surface area contributed by atoms with Crippen molar-refractivity contribution in [1.29, 1.82) is 0 Å². The first-order valence-electron chi connectivity index (χ1n) is 10.5. The zero-order valence-corrected chi connectivity index (χ0v) is 19.0. The Balaban J connectivity index is 1.60. The van der Waals surface area contributed by atoms with Crippen molar-refractivity contribution in [3.63, 3.8) is 0 Å². The molecule has 1 heterocycles. The van der Waals surface area contributed by atoms with Crippen LogP contribution >= 0.6 is 0 Å². The predicted molar refractivity (Wildman–Crippen MR) is 128 cm³/mol. The minimum Gasteiger partial charge on any atom is -0.468 e. The van der Waals surface area contributed by atoms with Gasteiger partial charge in [0.2, 0.25) is 15.9 Å². The number of benzene rings is 3. The molecule has 1 aromatic heterocycles. The maximum atomic E-state index is 13.4. The van der Waals surface area contributed by atoms with Gasteiger partial charge in [0.25, 0.3) is 0 Å². The van der Waals surface area contributed by atoms with E-state index in [-0.39, 0.29) is 18.0 Å². The number of nitrogens with one attached hydrogen (secondary N) is 1. The molecule has 6 nitrogen and oxygen atoms in total. The number of nitrogens with zero attached hydrogens (tertiary/aromatic N) is 1. The monoisotopic (exact) mass is 460 g/mol. The van der Waals surface area contributed by atoms with E-state index in [1.54, 1.807) is 42.5 Å². The van der Waals surface area contributed by atoms with Gasteiger partial charge >= 0.3 is 0 Å². The number of rotatable bonds is 8. The number of hydrogen-bond acceptors (Lipinski definition) is 4. The van der Waals surface area contributed by atoms with E-state index in [4.69, 9.17) is 4.42 Å². The lowest BCUT2D eigenvalue weighted by molar-refractivity contribution is -0.116. The first-order valence-corrected chi connectivity index (χ1v) is 11.9. The van der Waals surface area contributed by atoms with Crippen molar-refractivity contribution < 1.29 is 17.6 Å². The Kier molecular flexibility index (Phi) is 6.72. The van der Waals surface area contributed by atoms with E-state index in [2.05, 4.69) is 5.32 Å². The van der Waals surface area contributed by atoms with E-state index in [9.17, 15) is 13.2 Å². The SMILES string of the molecule is Cc1ccc(S(=O)(=O)N(CC(=O)Nc2ccccc2-c2ccccc2)Cc2ccco2)cc1. The summed E-state index contributed by atoms with van der Waals surface area (Å²) < 4.78 is 33.2. The number of anilines is 1. The maximum Gasteiger partial charge on any atom is 0.243 e. The second kappa shape index (κ2) is 9.85. The predicted octanol–water partition coefficient (Wildman–Crippen LogP) is 5.08. The van der Waals surface area contributed by atoms with Crippen LogP contribution in [-0.2, 0) is 21.4 Å². The molecule has 0 spiro atoms. The fraction of sp³-hybridized carbons (Fsp3) is 0.115. The van der Waals surface area contributed by atoms with Gasteiger partial charge in [-0.05, 0) is 42.8 Å². The van der Waals surface area contributed by atoms with Gasteiger partial charge in [0.15, 0.2) is 0 Å². The molecule has 0 fully saturated rings. The fourth-order valence-corrected chi connectivity index (χ4v) is 4.84. The summed E-state index contributed by atoms with van der Waals surface area (Å²) in [5, 5.41) is 2.88. The molecule has 0 bridgehead atoms. The number of para-hydroxylation sites is 1. The smallest absolute Gasteiger partial charge is 0.243 e. The number of amides is 1. The van der Waals surface area contributed by atoms with Crippen LogP contribution in [0.1, 0.15) is 11.3 Å². The van der Waals surface area contributed by atoms with Crippen LogP contribution in [0, 0.1) is 6.92 Å². The van der Waals surface area contributed by atoms with Gasteiger partial charge in [-0.1, -0.05) is 66.2 Å². The Hall–Kier alpha value is -3.68. The Labute approximate surface area is 193 Å². The molecule has 3 aromatic carbocycles. The molecule has 0 aliphatic heterocycles. The van der Waals surface area contributed by atoms with Crippen molar-refractivity contribution in [3.8, 4) is 11.1 Å². The highest BCUT2D eigenvalue weighted by atomic mass is 32.2. The van der Waals surface area contributed by atoms with Crippen LogP contribution < -0.4 is 5.32 Å². The summed E-state index contributed by atoms with van der Waals surface area (Å²) in [7, 11) is -3.93. The zero-order chi connectivity index (χ0) is 23.3. The molecule has 33 heavy (non-hydrogen) atoms. The summed E-state index contributed by atoms with van der Waals surface area (Å²) >= 11 is 0. The number of sulfonamides is 1. The minimum atomic E-state index is -3.93. The van der Waals surface area contributed by atoms with E-state index in [0.717, 1.165) is 21.0 Å². The molecule has 7 heteroatoms. The van der Waals surface area contributed by atoms with Crippen molar-refractivity contribution in [2.24, 2.45) is 0 Å². The average Bonchev–Trinajstić information content (AvgIpc) is 3.33. The van der Waals surface area contributed by atoms with Gasteiger partial charge in [-0.2, -0.15) is 4.31 Å². The Morgan fingerprint density at radius 3 is 2.27 bits per heavy atom. The molecule has 0 aliphatic rings. The molecule has 0 atom stereocenters. The van der Waals surface area contributed by atoms with E-state index in [0.29, 0.717) is 11.4 Å². The van der Waals surface area contributed by atoms with E-state index in [1.807, 2.05) is 55.5 Å². The van der Waals surface area contributed by atoms with Gasteiger partial charge in [-0.25, -0.2) is 8.42 Å². The summed E-state index contributed by atoms with van der Waals surface area (Å²) in [6.45, 7) is 1.46. The quantitative estimate of drug-likeness (QED) is 0.397. The first-order chi connectivity index (χ1) is 15.9. The number of aryl methyl sites for hydroxylation is 1. The topological polar surface area (TPSA) is 79.6 Å². The molecule has 0 aliphatic carbocycles.